The molecule has 1 amide bonds. The highest BCUT2D eigenvalue weighted by atomic mass is 35.5. The molecule has 1 atom stereocenters. The Labute approximate surface area is 126 Å². The Morgan fingerprint density at radius 1 is 1.29 bits per heavy atom. The van der Waals surface area contributed by atoms with Gasteiger partial charge in [0.15, 0.2) is 6.10 Å². The molecule has 108 valence electrons. The summed E-state index contributed by atoms with van der Waals surface area (Å²) in [5.41, 5.74) is 1.37. The number of amides is 1. The fourth-order valence-electron chi connectivity index (χ4n) is 2.37. The van der Waals surface area contributed by atoms with E-state index in [0.717, 1.165) is 5.56 Å². The molecule has 3 nitrogen and oxygen atoms in total. The summed E-state index contributed by atoms with van der Waals surface area (Å²) in [5, 5.41) is 0.543. The number of fused-ring (bicyclic) bond motifs is 1. The molecule has 2 aromatic rings. The number of carbonyl (C=O) groups is 1. The van der Waals surface area contributed by atoms with Gasteiger partial charge in [0.1, 0.15) is 11.6 Å². The molecule has 0 aromatic heterocycles. The second-order valence-corrected chi connectivity index (χ2v) is 5.36. The Morgan fingerprint density at radius 2 is 2.10 bits per heavy atom. The topological polar surface area (TPSA) is 29.5 Å². The molecule has 0 aliphatic carbocycles. The van der Waals surface area contributed by atoms with Gasteiger partial charge < -0.3 is 9.64 Å². The van der Waals surface area contributed by atoms with Gasteiger partial charge in [-0.2, -0.15) is 0 Å². The van der Waals surface area contributed by atoms with Crippen LogP contribution in [0.1, 0.15) is 12.5 Å². The minimum atomic E-state index is -0.593. The van der Waals surface area contributed by atoms with Crippen molar-refractivity contribution in [2.75, 3.05) is 4.90 Å². The molecule has 0 fully saturated rings. The maximum absolute atomic E-state index is 13.3. The molecule has 0 saturated carbocycles. The molecule has 0 bridgehead atoms. The Kier molecular flexibility index (Phi) is 3.55. The Bertz CT molecular complexity index is 704. The number of nitrogens with zero attached hydrogens (tertiary/aromatic N) is 1. The van der Waals surface area contributed by atoms with Gasteiger partial charge >= 0.3 is 0 Å². The van der Waals surface area contributed by atoms with Gasteiger partial charge in [0.05, 0.1) is 12.2 Å². The highest BCUT2D eigenvalue weighted by Gasteiger charge is 2.31. The summed E-state index contributed by atoms with van der Waals surface area (Å²) in [6, 6.07) is 11.3. The average Bonchev–Trinajstić information content (AvgIpc) is 2.44. The molecule has 0 saturated heterocycles. The van der Waals surface area contributed by atoms with Gasteiger partial charge in [-0.15, -0.1) is 0 Å². The van der Waals surface area contributed by atoms with Crippen molar-refractivity contribution in [1.82, 2.24) is 0 Å². The molecular formula is C16H13ClFNO2. The predicted octanol–water partition coefficient (Wildman–Crippen LogP) is 3.79. The second-order valence-electron chi connectivity index (χ2n) is 4.93. The number of hydrogen-bond acceptors (Lipinski definition) is 2. The smallest absolute Gasteiger partial charge is 0.268 e. The summed E-state index contributed by atoms with van der Waals surface area (Å²) in [5.74, 6) is 0.0812. The van der Waals surface area contributed by atoms with Gasteiger partial charge in [0, 0.05) is 11.1 Å². The predicted molar refractivity (Wildman–Crippen MR) is 79.1 cm³/mol. The van der Waals surface area contributed by atoms with Crippen molar-refractivity contribution in [3.63, 3.8) is 0 Å². The quantitative estimate of drug-likeness (QED) is 0.845. The Morgan fingerprint density at radius 3 is 2.86 bits per heavy atom. The molecule has 3 rings (SSSR count). The van der Waals surface area contributed by atoms with Crippen LogP contribution in [0.5, 0.6) is 5.75 Å². The van der Waals surface area contributed by atoms with Crippen LogP contribution >= 0.6 is 11.6 Å². The molecule has 1 unspecified atom stereocenters. The van der Waals surface area contributed by atoms with Crippen LogP contribution in [0, 0.1) is 5.82 Å². The molecular weight excluding hydrogens is 293 g/mol. The Hall–Kier alpha value is -2.07. The van der Waals surface area contributed by atoms with Crippen LogP contribution < -0.4 is 9.64 Å². The van der Waals surface area contributed by atoms with Crippen molar-refractivity contribution < 1.29 is 13.9 Å². The summed E-state index contributed by atoms with van der Waals surface area (Å²) in [7, 11) is 0. The van der Waals surface area contributed by atoms with E-state index in [9.17, 15) is 9.18 Å². The number of benzene rings is 2. The summed E-state index contributed by atoms with van der Waals surface area (Å²) in [4.78, 5) is 13.9. The monoisotopic (exact) mass is 305 g/mol. The first-order valence-electron chi connectivity index (χ1n) is 6.56. The molecule has 5 heteroatoms. The van der Waals surface area contributed by atoms with E-state index >= 15 is 0 Å². The summed E-state index contributed by atoms with van der Waals surface area (Å²) in [6.45, 7) is 1.98. The number of halogens is 2. The molecule has 2 aromatic carbocycles. The summed E-state index contributed by atoms with van der Waals surface area (Å²) >= 11 is 5.96. The largest absolute Gasteiger partial charge is 0.479 e. The SMILES string of the molecule is CC1Oc2cc(Cl)ccc2N(Cc2cccc(F)c2)C1=O. The third-order valence-electron chi connectivity index (χ3n) is 3.36. The van der Waals surface area contributed by atoms with Crippen LogP contribution in [0.25, 0.3) is 0 Å². The van der Waals surface area contributed by atoms with Crippen LogP contribution in [-0.2, 0) is 11.3 Å². The van der Waals surface area contributed by atoms with E-state index in [1.165, 1.54) is 12.1 Å². The van der Waals surface area contributed by atoms with E-state index in [0.29, 0.717) is 23.0 Å². The van der Waals surface area contributed by atoms with E-state index < -0.39 is 6.10 Å². The van der Waals surface area contributed by atoms with Crippen molar-refractivity contribution in [3.05, 3.63) is 58.9 Å². The first-order valence-corrected chi connectivity index (χ1v) is 6.94. The lowest BCUT2D eigenvalue weighted by Gasteiger charge is -2.33. The zero-order valence-corrected chi connectivity index (χ0v) is 12.1. The van der Waals surface area contributed by atoms with E-state index in [2.05, 4.69) is 0 Å². The zero-order chi connectivity index (χ0) is 15.0. The number of carbonyl (C=O) groups excluding carboxylic acids is 1. The maximum Gasteiger partial charge on any atom is 0.268 e. The van der Waals surface area contributed by atoms with Crippen molar-refractivity contribution in [2.24, 2.45) is 0 Å². The molecule has 1 aliphatic heterocycles. The lowest BCUT2D eigenvalue weighted by Crippen LogP contribution is -2.44. The third-order valence-corrected chi connectivity index (χ3v) is 3.60. The molecule has 1 heterocycles. The minimum Gasteiger partial charge on any atom is -0.479 e. The van der Waals surface area contributed by atoms with Gasteiger partial charge in [-0.3, -0.25) is 4.79 Å². The van der Waals surface area contributed by atoms with Gasteiger partial charge in [-0.05, 0) is 36.8 Å². The number of rotatable bonds is 2. The normalized spacial score (nSPS) is 17.4. The van der Waals surface area contributed by atoms with Gasteiger partial charge in [0.25, 0.3) is 5.91 Å². The maximum atomic E-state index is 13.3. The van der Waals surface area contributed by atoms with Crippen molar-refractivity contribution in [1.29, 1.82) is 0 Å². The van der Waals surface area contributed by atoms with Crippen LogP contribution in [0.3, 0.4) is 0 Å². The average molecular weight is 306 g/mol. The molecule has 1 aliphatic rings. The number of anilines is 1. The van der Waals surface area contributed by atoms with Crippen LogP contribution in [0.15, 0.2) is 42.5 Å². The van der Waals surface area contributed by atoms with Gasteiger partial charge in [-0.1, -0.05) is 23.7 Å². The highest BCUT2D eigenvalue weighted by molar-refractivity contribution is 6.30. The lowest BCUT2D eigenvalue weighted by atomic mass is 10.1. The standard InChI is InChI=1S/C16H13ClFNO2/c1-10-16(20)19(9-11-3-2-4-13(18)7-11)14-6-5-12(17)8-15(14)21-10/h2-8,10H,9H2,1H3. The van der Waals surface area contributed by atoms with Gasteiger partial charge in [0.2, 0.25) is 0 Å². The molecule has 0 N–H and O–H groups in total. The van der Waals surface area contributed by atoms with Crippen LogP contribution in [0.4, 0.5) is 10.1 Å². The highest BCUT2D eigenvalue weighted by Crippen LogP contribution is 2.36. The van der Waals surface area contributed by atoms with E-state index in [4.69, 9.17) is 16.3 Å². The molecule has 0 spiro atoms. The first-order chi connectivity index (χ1) is 10.0. The fraction of sp³-hybridized carbons (Fsp3) is 0.188. The van der Waals surface area contributed by atoms with Crippen molar-refractivity contribution >= 4 is 23.2 Å². The number of ether oxygens (including phenoxy) is 1. The molecule has 21 heavy (non-hydrogen) atoms. The fourth-order valence-corrected chi connectivity index (χ4v) is 2.53. The minimum absolute atomic E-state index is 0.158. The summed E-state index contributed by atoms with van der Waals surface area (Å²) in [6.07, 6.45) is -0.593. The van der Waals surface area contributed by atoms with Crippen molar-refractivity contribution in [2.45, 2.75) is 19.6 Å². The number of hydrogen-bond donors (Lipinski definition) is 0. The van der Waals surface area contributed by atoms with E-state index in [1.54, 1.807) is 42.2 Å². The third kappa shape index (κ3) is 2.72. The molecule has 0 radical (unpaired) electrons. The Balaban J connectivity index is 1.99. The van der Waals surface area contributed by atoms with Crippen LogP contribution in [-0.4, -0.2) is 12.0 Å². The first kappa shape index (κ1) is 13.9. The van der Waals surface area contributed by atoms with E-state index in [1.807, 2.05) is 0 Å². The van der Waals surface area contributed by atoms with Gasteiger partial charge in [-0.25, -0.2) is 4.39 Å². The summed E-state index contributed by atoms with van der Waals surface area (Å²) < 4.78 is 18.9. The van der Waals surface area contributed by atoms with Crippen LogP contribution in [0.2, 0.25) is 5.02 Å². The lowest BCUT2D eigenvalue weighted by molar-refractivity contribution is -0.125. The van der Waals surface area contributed by atoms with Crippen molar-refractivity contribution in [3.8, 4) is 5.75 Å². The van der Waals surface area contributed by atoms with E-state index in [-0.39, 0.29) is 11.7 Å². The zero-order valence-electron chi connectivity index (χ0n) is 11.3. The second kappa shape index (κ2) is 5.37.